The number of amides is 2. The van der Waals surface area contributed by atoms with Gasteiger partial charge in [0.25, 0.3) is 0 Å². The lowest BCUT2D eigenvalue weighted by Gasteiger charge is -2.12. The van der Waals surface area contributed by atoms with Crippen LogP contribution in [-0.2, 0) is 14.3 Å². The third-order valence-electron chi connectivity index (χ3n) is 3.50. The fraction of sp³-hybridized carbons (Fsp3) is 0.833. The highest BCUT2D eigenvalue weighted by Crippen LogP contribution is 2.16. The van der Waals surface area contributed by atoms with Crippen LogP contribution in [0.2, 0.25) is 0 Å². The Hall–Kier alpha value is -0.940. The first-order valence-electron chi connectivity index (χ1n) is 6.34. The number of hydrogen-bond donors (Lipinski definition) is 1. The minimum atomic E-state index is -0.308. The Labute approximate surface area is 101 Å². The van der Waals surface area contributed by atoms with Gasteiger partial charge >= 0.3 is 0 Å². The van der Waals surface area contributed by atoms with Gasteiger partial charge in [0.05, 0.1) is 18.6 Å². The summed E-state index contributed by atoms with van der Waals surface area (Å²) in [5, 5.41) is 3.15. The van der Waals surface area contributed by atoms with E-state index in [2.05, 4.69) is 5.32 Å². The Morgan fingerprint density at radius 2 is 2.29 bits per heavy atom. The van der Waals surface area contributed by atoms with Crippen molar-refractivity contribution in [3.05, 3.63) is 0 Å². The maximum atomic E-state index is 11.6. The molecule has 5 nitrogen and oxygen atoms in total. The largest absolute Gasteiger partial charge is 0.378 e. The van der Waals surface area contributed by atoms with Crippen LogP contribution in [0.1, 0.15) is 32.1 Å². The Bertz CT molecular complexity index is 300. The molecule has 2 saturated heterocycles. The van der Waals surface area contributed by atoms with Crippen LogP contribution in [0.4, 0.5) is 0 Å². The predicted octanol–water partition coefficient (Wildman–Crippen LogP) is 0.292. The number of likely N-dealkylation sites (tertiary alicyclic amines) is 1. The Balaban J connectivity index is 1.62. The molecular weight excluding hydrogens is 220 g/mol. The van der Waals surface area contributed by atoms with E-state index in [0.717, 1.165) is 32.4 Å². The topological polar surface area (TPSA) is 58.6 Å². The van der Waals surface area contributed by atoms with Crippen LogP contribution in [0.5, 0.6) is 0 Å². The van der Waals surface area contributed by atoms with E-state index in [1.165, 1.54) is 11.3 Å². The van der Waals surface area contributed by atoms with Crippen molar-refractivity contribution in [3.8, 4) is 0 Å². The number of rotatable bonds is 5. The Kier molecular flexibility index (Phi) is 4.12. The zero-order valence-corrected chi connectivity index (χ0v) is 10.3. The van der Waals surface area contributed by atoms with Gasteiger partial charge in [0.2, 0.25) is 11.8 Å². The molecular formula is C12H20N2O3. The number of ether oxygens (including phenoxy) is 1. The average Bonchev–Trinajstić information content (AvgIpc) is 2.90. The summed E-state index contributed by atoms with van der Waals surface area (Å²) in [6, 6.07) is -0.308. The van der Waals surface area contributed by atoms with Crippen molar-refractivity contribution >= 4 is 11.8 Å². The van der Waals surface area contributed by atoms with Crippen LogP contribution < -0.4 is 5.32 Å². The van der Waals surface area contributed by atoms with Crippen molar-refractivity contribution in [1.29, 1.82) is 0 Å². The summed E-state index contributed by atoms with van der Waals surface area (Å²) in [6.07, 6.45) is 5.06. The smallest absolute Gasteiger partial charge is 0.246 e. The quantitative estimate of drug-likeness (QED) is 0.554. The van der Waals surface area contributed by atoms with E-state index in [-0.39, 0.29) is 17.9 Å². The average molecular weight is 240 g/mol. The summed E-state index contributed by atoms with van der Waals surface area (Å²) in [5.74, 6) is -0.196. The highest BCUT2D eigenvalue weighted by molar-refractivity contribution is 6.05. The lowest BCUT2D eigenvalue weighted by molar-refractivity contribution is -0.137. The first kappa shape index (κ1) is 12.5. The molecule has 1 N–H and O–H groups in total. The van der Waals surface area contributed by atoms with Gasteiger partial charge in [-0.15, -0.1) is 0 Å². The van der Waals surface area contributed by atoms with Crippen LogP contribution in [0.15, 0.2) is 0 Å². The molecule has 2 amide bonds. The molecule has 0 aliphatic carbocycles. The molecule has 0 spiro atoms. The van der Waals surface area contributed by atoms with Gasteiger partial charge in [-0.1, -0.05) is 0 Å². The number of carbonyl (C=O) groups excluding carboxylic acids is 2. The van der Waals surface area contributed by atoms with Crippen molar-refractivity contribution in [2.75, 3.05) is 20.2 Å². The Morgan fingerprint density at radius 3 is 2.88 bits per heavy atom. The van der Waals surface area contributed by atoms with Crippen molar-refractivity contribution in [2.45, 2.75) is 44.2 Å². The molecule has 2 unspecified atom stereocenters. The number of nitrogens with zero attached hydrogens (tertiary/aromatic N) is 1. The van der Waals surface area contributed by atoms with E-state index in [1.54, 1.807) is 7.05 Å². The minimum absolute atomic E-state index is 0.0911. The second kappa shape index (κ2) is 5.60. The molecule has 17 heavy (non-hydrogen) atoms. The molecule has 2 atom stereocenters. The summed E-state index contributed by atoms with van der Waals surface area (Å²) in [4.78, 5) is 24.1. The van der Waals surface area contributed by atoms with E-state index >= 15 is 0 Å². The van der Waals surface area contributed by atoms with Gasteiger partial charge in [0.15, 0.2) is 0 Å². The SMILES string of the molecule is CN1C(=O)CC(NCCCC2CCCO2)C1=O. The lowest BCUT2D eigenvalue weighted by atomic mass is 10.1. The first-order chi connectivity index (χ1) is 8.18. The molecule has 2 fully saturated rings. The fourth-order valence-corrected chi connectivity index (χ4v) is 2.39. The highest BCUT2D eigenvalue weighted by Gasteiger charge is 2.35. The molecule has 0 radical (unpaired) electrons. The molecule has 0 aromatic rings. The molecule has 0 aromatic carbocycles. The second-order valence-corrected chi connectivity index (χ2v) is 4.78. The number of carbonyl (C=O) groups is 2. The molecule has 0 bridgehead atoms. The van der Waals surface area contributed by atoms with Gasteiger partial charge < -0.3 is 10.1 Å². The maximum absolute atomic E-state index is 11.6. The van der Waals surface area contributed by atoms with Gasteiger partial charge in [-0.2, -0.15) is 0 Å². The van der Waals surface area contributed by atoms with E-state index < -0.39 is 0 Å². The van der Waals surface area contributed by atoms with Crippen LogP contribution in [0.3, 0.4) is 0 Å². The summed E-state index contributed by atoms with van der Waals surface area (Å²) >= 11 is 0. The van der Waals surface area contributed by atoms with Crippen molar-refractivity contribution in [1.82, 2.24) is 10.2 Å². The van der Waals surface area contributed by atoms with E-state index in [1.807, 2.05) is 0 Å². The number of imide groups is 1. The molecule has 0 saturated carbocycles. The van der Waals surface area contributed by atoms with Gasteiger partial charge in [0.1, 0.15) is 0 Å². The second-order valence-electron chi connectivity index (χ2n) is 4.78. The molecule has 2 aliphatic rings. The predicted molar refractivity (Wildman–Crippen MR) is 62.4 cm³/mol. The third kappa shape index (κ3) is 3.04. The monoisotopic (exact) mass is 240 g/mol. The van der Waals surface area contributed by atoms with E-state index in [0.29, 0.717) is 12.5 Å². The lowest BCUT2D eigenvalue weighted by Crippen LogP contribution is -2.37. The zero-order valence-electron chi connectivity index (χ0n) is 10.3. The third-order valence-corrected chi connectivity index (χ3v) is 3.50. The number of nitrogens with one attached hydrogen (secondary N) is 1. The first-order valence-corrected chi connectivity index (χ1v) is 6.34. The molecule has 2 heterocycles. The number of hydrogen-bond acceptors (Lipinski definition) is 4. The summed E-state index contributed by atoms with van der Waals surface area (Å²) in [6.45, 7) is 1.66. The fourth-order valence-electron chi connectivity index (χ4n) is 2.39. The maximum Gasteiger partial charge on any atom is 0.246 e. The normalized spacial score (nSPS) is 29.4. The van der Waals surface area contributed by atoms with Crippen LogP contribution in [0, 0.1) is 0 Å². The van der Waals surface area contributed by atoms with Crippen molar-refractivity contribution < 1.29 is 14.3 Å². The van der Waals surface area contributed by atoms with Gasteiger partial charge in [-0.25, -0.2) is 0 Å². The molecule has 96 valence electrons. The van der Waals surface area contributed by atoms with Crippen LogP contribution in [-0.4, -0.2) is 49.1 Å². The van der Waals surface area contributed by atoms with E-state index in [9.17, 15) is 9.59 Å². The van der Waals surface area contributed by atoms with Crippen molar-refractivity contribution in [3.63, 3.8) is 0 Å². The van der Waals surface area contributed by atoms with E-state index in [4.69, 9.17) is 4.74 Å². The highest BCUT2D eigenvalue weighted by atomic mass is 16.5. The van der Waals surface area contributed by atoms with Crippen molar-refractivity contribution in [2.24, 2.45) is 0 Å². The molecule has 2 aliphatic heterocycles. The molecule has 5 heteroatoms. The van der Waals surface area contributed by atoms with Crippen LogP contribution >= 0.6 is 0 Å². The van der Waals surface area contributed by atoms with Gasteiger partial charge in [0, 0.05) is 13.7 Å². The molecule has 2 rings (SSSR count). The number of likely N-dealkylation sites (N-methyl/N-ethyl adjacent to an activating group) is 1. The summed E-state index contributed by atoms with van der Waals surface area (Å²) in [5.41, 5.74) is 0. The van der Waals surface area contributed by atoms with Crippen LogP contribution in [0.25, 0.3) is 0 Å². The summed E-state index contributed by atoms with van der Waals surface area (Å²) in [7, 11) is 1.54. The molecule has 0 aromatic heterocycles. The minimum Gasteiger partial charge on any atom is -0.378 e. The standard InChI is InChI=1S/C12H20N2O3/c1-14-11(15)8-10(12(14)16)13-6-2-4-9-5-3-7-17-9/h9-10,13H,2-8H2,1H3. The van der Waals surface area contributed by atoms with Gasteiger partial charge in [-0.3, -0.25) is 14.5 Å². The zero-order chi connectivity index (χ0) is 12.3. The Morgan fingerprint density at radius 1 is 1.47 bits per heavy atom. The summed E-state index contributed by atoms with van der Waals surface area (Å²) < 4.78 is 5.52. The van der Waals surface area contributed by atoms with Gasteiger partial charge in [-0.05, 0) is 32.2 Å².